The van der Waals surface area contributed by atoms with Crippen molar-refractivity contribution in [2.45, 2.75) is 36.2 Å². The Labute approximate surface area is 172 Å². The number of fused-ring (bicyclic) bond motifs is 2. The molecule has 3 aromatic rings. The predicted octanol–water partition coefficient (Wildman–Crippen LogP) is 4.05. The van der Waals surface area contributed by atoms with Crippen LogP contribution in [0.25, 0.3) is 10.9 Å². The number of amides is 1. The van der Waals surface area contributed by atoms with Crippen LogP contribution in [-0.4, -0.2) is 34.0 Å². The maximum Gasteiger partial charge on any atom is 0.237 e. The van der Waals surface area contributed by atoms with E-state index in [-0.39, 0.29) is 18.0 Å². The lowest BCUT2D eigenvalue weighted by atomic mass is 10.2. The van der Waals surface area contributed by atoms with Crippen LogP contribution in [0, 0.1) is 0 Å². The monoisotopic (exact) mass is 408 g/mol. The van der Waals surface area contributed by atoms with Gasteiger partial charge in [0.1, 0.15) is 5.82 Å². The van der Waals surface area contributed by atoms with Crippen molar-refractivity contribution < 1.29 is 14.3 Å². The van der Waals surface area contributed by atoms with Crippen LogP contribution in [0.3, 0.4) is 0 Å². The number of carbonyl (C=O) groups is 1. The number of nitrogens with zero attached hydrogens (tertiary/aromatic N) is 2. The van der Waals surface area contributed by atoms with E-state index >= 15 is 0 Å². The van der Waals surface area contributed by atoms with Gasteiger partial charge in [0.15, 0.2) is 16.7 Å². The zero-order chi connectivity index (χ0) is 19.8. The Balaban J connectivity index is 1.32. The minimum Gasteiger partial charge on any atom is -0.454 e. The zero-order valence-electron chi connectivity index (χ0n) is 15.8. The van der Waals surface area contributed by atoms with Gasteiger partial charge in [-0.3, -0.25) is 4.79 Å². The standard InChI is InChI=1S/C21H20N4O3S/c1-12(20(26)23-14-8-9-17-18(10-14)28-11-27-17)29-21-24-16-5-3-2-4-15(16)19(25-21)22-13-6-7-13/h2-5,8-10,12-13H,6-7,11H2,1H3,(H,23,26)(H,22,24,25)/t12-/m0/s1. The maximum atomic E-state index is 12.7. The Hall–Kier alpha value is -3.00. The van der Waals surface area contributed by atoms with Crippen LogP contribution >= 0.6 is 11.8 Å². The molecule has 0 spiro atoms. The van der Waals surface area contributed by atoms with Crippen molar-refractivity contribution >= 4 is 40.1 Å². The molecule has 148 valence electrons. The van der Waals surface area contributed by atoms with Gasteiger partial charge in [0.05, 0.1) is 10.8 Å². The van der Waals surface area contributed by atoms with Crippen LogP contribution in [0.1, 0.15) is 19.8 Å². The molecule has 1 aromatic heterocycles. The Bertz CT molecular complexity index is 1090. The first-order chi connectivity index (χ1) is 14.2. The molecule has 0 unspecified atom stereocenters. The zero-order valence-corrected chi connectivity index (χ0v) is 16.7. The smallest absolute Gasteiger partial charge is 0.237 e. The largest absolute Gasteiger partial charge is 0.454 e. The first-order valence-electron chi connectivity index (χ1n) is 9.56. The summed E-state index contributed by atoms with van der Waals surface area (Å²) in [6.45, 7) is 2.05. The lowest BCUT2D eigenvalue weighted by Crippen LogP contribution is -2.22. The quantitative estimate of drug-likeness (QED) is 0.470. The summed E-state index contributed by atoms with van der Waals surface area (Å²) >= 11 is 1.34. The highest BCUT2D eigenvalue weighted by atomic mass is 32.2. The average Bonchev–Trinajstić information content (AvgIpc) is 3.41. The molecule has 1 aliphatic carbocycles. The van der Waals surface area contributed by atoms with Crippen molar-refractivity contribution in [2.75, 3.05) is 17.4 Å². The Morgan fingerprint density at radius 2 is 1.97 bits per heavy atom. The third-order valence-electron chi connectivity index (χ3n) is 4.79. The molecule has 0 radical (unpaired) electrons. The topological polar surface area (TPSA) is 85.4 Å². The fraction of sp³-hybridized carbons (Fsp3) is 0.286. The molecule has 1 aliphatic heterocycles. The van der Waals surface area contributed by atoms with E-state index in [9.17, 15) is 4.79 Å². The molecule has 2 N–H and O–H groups in total. The molecule has 0 bridgehead atoms. The number of benzene rings is 2. The normalized spacial score (nSPS) is 15.9. The summed E-state index contributed by atoms with van der Waals surface area (Å²) in [5.74, 6) is 2.04. The number of para-hydroxylation sites is 1. The molecule has 0 saturated heterocycles. The number of nitrogens with one attached hydrogen (secondary N) is 2. The molecule has 1 atom stereocenters. The van der Waals surface area contributed by atoms with Crippen molar-refractivity contribution in [3.63, 3.8) is 0 Å². The molecule has 8 heteroatoms. The van der Waals surface area contributed by atoms with Gasteiger partial charge in [0.25, 0.3) is 0 Å². The van der Waals surface area contributed by atoms with Crippen molar-refractivity contribution in [3.05, 3.63) is 42.5 Å². The van der Waals surface area contributed by atoms with E-state index in [2.05, 4.69) is 20.6 Å². The molecule has 2 aromatic carbocycles. The minimum absolute atomic E-state index is 0.123. The highest BCUT2D eigenvalue weighted by Gasteiger charge is 2.24. The average molecular weight is 408 g/mol. The number of thioether (sulfide) groups is 1. The number of hydrogen-bond donors (Lipinski definition) is 2. The summed E-state index contributed by atoms with van der Waals surface area (Å²) in [6, 6.07) is 13.8. The highest BCUT2D eigenvalue weighted by molar-refractivity contribution is 8.00. The van der Waals surface area contributed by atoms with Gasteiger partial charge in [-0.1, -0.05) is 23.9 Å². The second kappa shape index (κ2) is 7.44. The number of hydrogen-bond acceptors (Lipinski definition) is 7. The summed E-state index contributed by atoms with van der Waals surface area (Å²) in [6.07, 6.45) is 2.32. The lowest BCUT2D eigenvalue weighted by Gasteiger charge is -2.13. The summed E-state index contributed by atoms with van der Waals surface area (Å²) in [5.41, 5.74) is 1.54. The number of ether oxygens (including phenoxy) is 2. The second-order valence-electron chi connectivity index (χ2n) is 7.11. The van der Waals surface area contributed by atoms with Crippen LogP contribution < -0.4 is 20.1 Å². The Kier molecular flexibility index (Phi) is 4.63. The van der Waals surface area contributed by atoms with Gasteiger partial charge in [-0.25, -0.2) is 9.97 Å². The van der Waals surface area contributed by atoms with Crippen LogP contribution in [0.15, 0.2) is 47.6 Å². The summed E-state index contributed by atoms with van der Waals surface area (Å²) in [4.78, 5) is 22.0. The molecule has 1 saturated carbocycles. The number of rotatable bonds is 6. The van der Waals surface area contributed by atoms with Gasteiger partial charge in [-0.15, -0.1) is 0 Å². The molecule has 7 nitrogen and oxygen atoms in total. The van der Waals surface area contributed by atoms with Gasteiger partial charge in [0.2, 0.25) is 12.7 Å². The highest BCUT2D eigenvalue weighted by Crippen LogP contribution is 2.35. The Morgan fingerprint density at radius 1 is 1.14 bits per heavy atom. The number of anilines is 2. The third kappa shape index (κ3) is 3.93. The lowest BCUT2D eigenvalue weighted by molar-refractivity contribution is -0.115. The molecular formula is C21H20N4O3S. The van der Waals surface area contributed by atoms with Gasteiger partial charge in [0, 0.05) is 23.2 Å². The van der Waals surface area contributed by atoms with E-state index < -0.39 is 0 Å². The first-order valence-corrected chi connectivity index (χ1v) is 10.4. The summed E-state index contributed by atoms with van der Waals surface area (Å²) < 4.78 is 10.7. The summed E-state index contributed by atoms with van der Waals surface area (Å²) in [7, 11) is 0. The summed E-state index contributed by atoms with van der Waals surface area (Å²) in [5, 5.41) is 7.61. The van der Waals surface area contributed by atoms with E-state index in [0.717, 1.165) is 29.6 Å². The van der Waals surface area contributed by atoms with Crippen LogP contribution in [-0.2, 0) is 4.79 Å². The van der Waals surface area contributed by atoms with Gasteiger partial charge in [-0.05, 0) is 44.0 Å². The van der Waals surface area contributed by atoms with E-state index in [1.54, 1.807) is 18.2 Å². The second-order valence-corrected chi connectivity index (χ2v) is 8.42. The van der Waals surface area contributed by atoms with Crippen molar-refractivity contribution in [3.8, 4) is 11.5 Å². The SMILES string of the molecule is C[C@H](Sc1nc(NC2CC2)c2ccccc2n1)C(=O)Nc1ccc2c(c1)OCO2. The predicted molar refractivity (Wildman–Crippen MR) is 113 cm³/mol. The van der Waals surface area contributed by atoms with E-state index in [1.807, 2.05) is 31.2 Å². The van der Waals surface area contributed by atoms with Crippen molar-refractivity contribution in [2.24, 2.45) is 0 Å². The third-order valence-corrected chi connectivity index (χ3v) is 5.75. The van der Waals surface area contributed by atoms with Crippen LogP contribution in [0.5, 0.6) is 11.5 Å². The minimum atomic E-state index is -0.365. The van der Waals surface area contributed by atoms with Crippen LogP contribution in [0.2, 0.25) is 0 Å². The fourth-order valence-electron chi connectivity index (χ4n) is 3.07. The molecule has 5 rings (SSSR count). The van der Waals surface area contributed by atoms with Crippen molar-refractivity contribution in [1.82, 2.24) is 9.97 Å². The van der Waals surface area contributed by atoms with Gasteiger partial charge in [-0.2, -0.15) is 0 Å². The molecule has 29 heavy (non-hydrogen) atoms. The first kappa shape index (κ1) is 18.1. The number of aromatic nitrogens is 2. The van der Waals surface area contributed by atoms with Crippen LogP contribution in [0.4, 0.5) is 11.5 Å². The molecule has 1 fully saturated rings. The molecule has 2 aliphatic rings. The fourth-order valence-corrected chi connectivity index (χ4v) is 3.85. The van der Waals surface area contributed by atoms with E-state index in [0.29, 0.717) is 28.4 Å². The number of carbonyl (C=O) groups excluding carboxylic acids is 1. The van der Waals surface area contributed by atoms with Gasteiger partial charge < -0.3 is 20.1 Å². The van der Waals surface area contributed by atoms with E-state index in [4.69, 9.17) is 9.47 Å². The van der Waals surface area contributed by atoms with Gasteiger partial charge >= 0.3 is 0 Å². The van der Waals surface area contributed by atoms with E-state index in [1.165, 1.54) is 11.8 Å². The molecular weight excluding hydrogens is 388 g/mol. The Morgan fingerprint density at radius 3 is 2.83 bits per heavy atom. The molecule has 1 amide bonds. The molecule has 2 heterocycles. The maximum absolute atomic E-state index is 12.7. The van der Waals surface area contributed by atoms with Crippen molar-refractivity contribution in [1.29, 1.82) is 0 Å².